The number of amides is 1. The van der Waals surface area contributed by atoms with Gasteiger partial charge in [-0.1, -0.05) is 17.4 Å². The first-order chi connectivity index (χ1) is 12.9. The number of aromatic nitrogens is 4. The van der Waals surface area contributed by atoms with Gasteiger partial charge >= 0.3 is 0 Å². The van der Waals surface area contributed by atoms with Gasteiger partial charge in [-0.05, 0) is 38.5 Å². The molecule has 0 saturated heterocycles. The van der Waals surface area contributed by atoms with Crippen LogP contribution < -0.4 is 11.1 Å². The number of rotatable bonds is 3. The number of carbonyl (C=O) groups is 1. The minimum absolute atomic E-state index is 0.228. The van der Waals surface area contributed by atoms with E-state index in [9.17, 15) is 4.79 Å². The number of nitrogens with two attached hydrogens (primary N) is 1. The summed E-state index contributed by atoms with van der Waals surface area (Å²) in [4.78, 5) is 32.4. The minimum Gasteiger partial charge on any atom is -0.383 e. The normalized spacial score (nSPS) is 11.1. The summed E-state index contributed by atoms with van der Waals surface area (Å²) < 4.78 is 0. The molecule has 0 spiro atoms. The topological polar surface area (TPSA) is 107 Å². The summed E-state index contributed by atoms with van der Waals surface area (Å²) >= 11 is 2.71. The summed E-state index contributed by atoms with van der Waals surface area (Å²) in [5.41, 5.74) is 8.46. The van der Waals surface area contributed by atoms with E-state index in [1.807, 2.05) is 32.0 Å². The fraction of sp³-hybridized carbons (Fsp3) is 0.167. The smallest absolute Gasteiger partial charge is 0.267 e. The molecule has 4 rings (SSSR count). The highest BCUT2D eigenvalue weighted by atomic mass is 32.1. The molecule has 0 aliphatic heterocycles. The van der Waals surface area contributed by atoms with Crippen molar-refractivity contribution < 1.29 is 4.79 Å². The Morgan fingerprint density at radius 3 is 2.67 bits per heavy atom. The predicted molar refractivity (Wildman–Crippen MR) is 109 cm³/mol. The van der Waals surface area contributed by atoms with E-state index in [1.54, 1.807) is 13.1 Å². The highest BCUT2D eigenvalue weighted by Crippen LogP contribution is 2.35. The third-order valence-electron chi connectivity index (χ3n) is 4.05. The molecule has 0 aromatic carbocycles. The second-order valence-corrected chi connectivity index (χ2v) is 7.99. The summed E-state index contributed by atoms with van der Waals surface area (Å²) in [6.07, 6.45) is 1.74. The molecule has 0 fully saturated rings. The van der Waals surface area contributed by atoms with Gasteiger partial charge in [-0.25, -0.2) is 15.0 Å². The second-order valence-electron chi connectivity index (χ2n) is 6.00. The third-order valence-corrected chi connectivity index (χ3v) is 6.33. The Morgan fingerprint density at radius 2 is 1.93 bits per heavy atom. The van der Waals surface area contributed by atoms with Gasteiger partial charge in [0.2, 0.25) is 0 Å². The Bertz CT molecular complexity index is 1170. The number of thiazole rings is 1. The van der Waals surface area contributed by atoms with E-state index in [0.29, 0.717) is 26.5 Å². The van der Waals surface area contributed by atoms with Crippen molar-refractivity contribution in [2.24, 2.45) is 0 Å². The number of thiophene rings is 1. The Labute approximate surface area is 163 Å². The summed E-state index contributed by atoms with van der Waals surface area (Å²) in [6.45, 7) is 5.54. The van der Waals surface area contributed by atoms with Crippen LogP contribution in [-0.2, 0) is 0 Å². The molecule has 0 aliphatic rings. The van der Waals surface area contributed by atoms with Crippen LogP contribution in [0.4, 0.5) is 10.9 Å². The van der Waals surface area contributed by atoms with Crippen molar-refractivity contribution in [2.75, 3.05) is 11.1 Å². The summed E-state index contributed by atoms with van der Waals surface area (Å²) in [6, 6.07) is 5.71. The van der Waals surface area contributed by atoms with Crippen LogP contribution in [0.25, 0.3) is 20.8 Å². The van der Waals surface area contributed by atoms with Crippen molar-refractivity contribution in [3.8, 4) is 10.6 Å². The van der Waals surface area contributed by atoms with Crippen molar-refractivity contribution in [3.63, 3.8) is 0 Å². The van der Waals surface area contributed by atoms with Crippen LogP contribution in [0.5, 0.6) is 0 Å². The van der Waals surface area contributed by atoms with Gasteiger partial charge in [0.05, 0.1) is 26.5 Å². The molecule has 0 atom stereocenters. The minimum atomic E-state index is -0.228. The molecule has 4 aromatic heterocycles. The number of nitrogen functional groups attached to an aromatic ring is 1. The lowest BCUT2D eigenvalue weighted by atomic mass is 10.2. The Morgan fingerprint density at radius 1 is 1.11 bits per heavy atom. The average molecular weight is 397 g/mol. The highest BCUT2D eigenvalue weighted by molar-refractivity contribution is 7.21. The molecule has 4 heterocycles. The zero-order chi connectivity index (χ0) is 19.1. The molecule has 0 unspecified atom stereocenters. The molecule has 4 aromatic rings. The number of aryl methyl sites for hydroxylation is 3. The fourth-order valence-corrected chi connectivity index (χ4v) is 4.90. The number of nitrogens with zero attached hydrogens (tertiary/aromatic N) is 4. The van der Waals surface area contributed by atoms with Crippen LogP contribution in [0, 0.1) is 20.8 Å². The van der Waals surface area contributed by atoms with Crippen LogP contribution in [-0.4, -0.2) is 25.8 Å². The highest BCUT2D eigenvalue weighted by Gasteiger charge is 2.21. The maximum atomic E-state index is 12.8. The Kier molecular flexibility index (Phi) is 4.33. The molecule has 0 radical (unpaired) electrons. The van der Waals surface area contributed by atoms with Gasteiger partial charge in [0.1, 0.15) is 16.5 Å². The van der Waals surface area contributed by atoms with E-state index in [4.69, 9.17) is 5.73 Å². The zero-order valence-corrected chi connectivity index (χ0v) is 16.5. The predicted octanol–water partition coefficient (Wildman–Crippen LogP) is 3.97. The molecule has 3 N–H and O–H groups in total. The van der Waals surface area contributed by atoms with E-state index in [-0.39, 0.29) is 5.91 Å². The summed E-state index contributed by atoms with van der Waals surface area (Å²) in [7, 11) is 0. The largest absolute Gasteiger partial charge is 0.383 e. The van der Waals surface area contributed by atoms with Crippen LogP contribution in [0.3, 0.4) is 0 Å². The van der Waals surface area contributed by atoms with Gasteiger partial charge < -0.3 is 5.73 Å². The maximum Gasteiger partial charge on any atom is 0.267 e. The van der Waals surface area contributed by atoms with Crippen LogP contribution in [0.2, 0.25) is 0 Å². The number of anilines is 2. The van der Waals surface area contributed by atoms with Crippen molar-refractivity contribution >= 4 is 49.7 Å². The molecule has 0 saturated carbocycles. The molecule has 0 aliphatic carbocycles. The lowest BCUT2D eigenvalue weighted by Gasteiger charge is -2.01. The number of fused-ring (bicyclic) bond motifs is 1. The zero-order valence-electron chi connectivity index (χ0n) is 14.9. The van der Waals surface area contributed by atoms with Crippen molar-refractivity contribution in [1.29, 1.82) is 0 Å². The van der Waals surface area contributed by atoms with Gasteiger partial charge in [0, 0.05) is 6.20 Å². The second kappa shape index (κ2) is 6.67. The van der Waals surface area contributed by atoms with Gasteiger partial charge in [-0.3, -0.25) is 15.1 Å². The third kappa shape index (κ3) is 3.15. The first-order valence-corrected chi connectivity index (χ1v) is 9.80. The number of hydrogen-bond donors (Lipinski definition) is 2. The van der Waals surface area contributed by atoms with E-state index in [1.165, 1.54) is 22.7 Å². The van der Waals surface area contributed by atoms with Crippen molar-refractivity contribution in [2.45, 2.75) is 20.8 Å². The molecule has 9 heteroatoms. The Hall–Kier alpha value is -2.91. The van der Waals surface area contributed by atoms with E-state index < -0.39 is 0 Å². The summed E-state index contributed by atoms with van der Waals surface area (Å²) in [5, 5.41) is 4.16. The first kappa shape index (κ1) is 17.5. The number of nitrogens with one attached hydrogen (secondary N) is 1. The van der Waals surface area contributed by atoms with E-state index in [2.05, 4.69) is 25.3 Å². The monoisotopic (exact) mass is 396 g/mol. The number of pyridine rings is 1. The number of carbonyl (C=O) groups excluding carboxylic acids is 1. The molecular weight excluding hydrogens is 380 g/mol. The molecule has 136 valence electrons. The van der Waals surface area contributed by atoms with Crippen LogP contribution in [0.1, 0.15) is 26.8 Å². The first-order valence-electron chi connectivity index (χ1n) is 8.17. The molecular formula is C18H16N6OS2. The van der Waals surface area contributed by atoms with Crippen molar-refractivity contribution in [1.82, 2.24) is 19.9 Å². The summed E-state index contributed by atoms with van der Waals surface area (Å²) in [5.74, 6) is 0.755. The average Bonchev–Trinajstić information content (AvgIpc) is 3.15. The van der Waals surface area contributed by atoms with Gasteiger partial charge in [-0.2, -0.15) is 0 Å². The molecule has 1 amide bonds. The van der Waals surface area contributed by atoms with Gasteiger partial charge in [-0.15, -0.1) is 11.3 Å². The van der Waals surface area contributed by atoms with Crippen molar-refractivity contribution in [3.05, 3.63) is 46.4 Å². The van der Waals surface area contributed by atoms with E-state index in [0.717, 1.165) is 27.2 Å². The lowest BCUT2D eigenvalue weighted by Crippen LogP contribution is -2.11. The molecule has 7 nitrogen and oxygen atoms in total. The maximum absolute atomic E-state index is 12.8. The van der Waals surface area contributed by atoms with Gasteiger partial charge in [0.15, 0.2) is 5.13 Å². The lowest BCUT2D eigenvalue weighted by molar-refractivity contribution is 0.103. The number of hydrogen-bond acceptors (Lipinski definition) is 8. The quantitative estimate of drug-likeness (QED) is 0.543. The molecule has 0 bridgehead atoms. The Balaban J connectivity index is 1.67. The standard InChI is InChI=1S/C18H16N6OS2/c1-8-12-15(19)22-10(3)23-17(12)26-13(8)16(25)24-18-21-9(2)14(27-18)11-6-4-5-7-20-11/h4-7H,1-3H3,(H2,19,22,23)(H,21,24,25). The van der Waals surface area contributed by atoms with E-state index >= 15 is 0 Å². The molecule has 27 heavy (non-hydrogen) atoms. The SMILES string of the molecule is Cc1nc(N)c2c(C)c(C(=O)Nc3nc(C)c(-c4ccccn4)s3)sc2n1. The van der Waals surface area contributed by atoms with Crippen LogP contribution in [0.15, 0.2) is 24.4 Å². The fourth-order valence-electron chi connectivity index (χ4n) is 2.84. The van der Waals surface area contributed by atoms with Crippen LogP contribution >= 0.6 is 22.7 Å². The van der Waals surface area contributed by atoms with Gasteiger partial charge in [0.25, 0.3) is 5.91 Å².